The molecule has 32 heavy (non-hydrogen) atoms. The number of nitrogens with zero attached hydrogens (tertiary/aromatic N) is 1. The molecule has 0 fully saturated rings. The molecule has 3 rings (SSSR count). The van der Waals surface area contributed by atoms with Crippen molar-refractivity contribution in [3.8, 4) is 5.75 Å². The van der Waals surface area contributed by atoms with Gasteiger partial charge in [0, 0.05) is 4.47 Å². The number of sulfonamides is 1. The first-order chi connectivity index (χ1) is 15.3. The predicted octanol–water partition coefficient (Wildman–Crippen LogP) is 4.46. The van der Waals surface area contributed by atoms with E-state index in [1.165, 1.54) is 0 Å². The normalized spacial score (nSPS) is 11.1. The molecule has 6 nitrogen and oxygen atoms in total. The third-order valence-corrected chi connectivity index (χ3v) is 6.99. The number of carbonyl (C=O) groups excluding carboxylic acids is 1. The number of carbonyl (C=O) groups is 1. The van der Waals surface area contributed by atoms with Gasteiger partial charge in [-0.2, -0.15) is 0 Å². The van der Waals surface area contributed by atoms with Crippen LogP contribution in [0.15, 0.2) is 82.2 Å². The van der Waals surface area contributed by atoms with Crippen molar-refractivity contribution in [2.24, 2.45) is 0 Å². The van der Waals surface area contributed by atoms with Crippen molar-refractivity contribution in [1.82, 2.24) is 5.32 Å². The number of halogens is 1. The number of aryl methyl sites for hydroxylation is 2. The standard InChI is InChI=1S/C24H25BrN2O4S/c1-18-6-10-22(11-7-18)31-15-14-26-24(28)17-27(21-5-3-4-20(25)16-21)32(29,30)23-12-8-19(2)9-13-23/h3-13,16H,14-15,17H2,1-2H3,(H,26,28). The first-order valence-corrected chi connectivity index (χ1v) is 12.3. The monoisotopic (exact) mass is 516 g/mol. The topological polar surface area (TPSA) is 75.7 Å². The van der Waals surface area contributed by atoms with Crippen LogP contribution in [0.4, 0.5) is 5.69 Å². The molecule has 3 aromatic carbocycles. The zero-order valence-electron chi connectivity index (χ0n) is 17.9. The fraction of sp³-hybridized carbons (Fsp3) is 0.208. The first-order valence-electron chi connectivity index (χ1n) is 10.1. The van der Waals surface area contributed by atoms with Crippen LogP contribution < -0.4 is 14.4 Å². The third kappa shape index (κ3) is 6.34. The lowest BCUT2D eigenvalue weighted by Gasteiger charge is -2.24. The Morgan fingerprint density at radius 3 is 2.22 bits per heavy atom. The summed E-state index contributed by atoms with van der Waals surface area (Å²) < 4.78 is 34.1. The van der Waals surface area contributed by atoms with E-state index in [9.17, 15) is 13.2 Å². The molecule has 0 saturated heterocycles. The maximum atomic E-state index is 13.3. The molecule has 0 aromatic heterocycles. The maximum Gasteiger partial charge on any atom is 0.264 e. The van der Waals surface area contributed by atoms with Gasteiger partial charge in [-0.15, -0.1) is 0 Å². The fourth-order valence-corrected chi connectivity index (χ4v) is 4.76. The van der Waals surface area contributed by atoms with Crippen molar-refractivity contribution < 1.29 is 17.9 Å². The van der Waals surface area contributed by atoms with Gasteiger partial charge in [-0.05, 0) is 56.3 Å². The molecule has 168 valence electrons. The molecule has 3 aromatic rings. The van der Waals surface area contributed by atoms with Gasteiger partial charge < -0.3 is 10.1 Å². The Kier molecular flexibility index (Phi) is 7.93. The Morgan fingerprint density at radius 2 is 1.59 bits per heavy atom. The Balaban J connectivity index is 1.70. The van der Waals surface area contributed by atoms with Crippen LogP contribution in [-0.4, -0.2) is 34.0 Å². The molecule has 0 radical (unpaired) electrons. The largest absolute Gasteiger partial charge is 0.492 e. The van der Waals surface area contributed by atoms with E-state index in [2.05, 4.69) is 21.2 Å². The van der Waals surface area contributed by atoms with E-state index < -0.39 is 15.9 Å². The minimum Gasteiger partial charge on any atom is -0.492 e. The SMILES string of the molecule is Cc1ccc(OCCNC(=O)CN(c2cccc(Br)c2)S(=O)(=O)c2ccc(C)cc2)cc1. The van der Waals surface area contributed by atoms with E-state index in [-0.39, 0.29) is 24.6 Å². The number of ether oxygens (including phenoxy) is 1. The second-order valence-electron chi connectivity index (χ2n) is 7.32. The number of nitrogens with one attached hydrogen (secondary N) is 1. The highest BCUT2D eigenvalue weighted by Gasteiger charge is 2.27. The number of hydrogen-bond acceptors (Lipinski definition) is 4. The Labute approximate surface area is 197 Å². The molecule has 0 aliphatic rings. The van der Waals surface area contributed by atoms with Gasteiger partial charge in [0.2, 0.25) is 5.91 Å². The van der Waals surface area contributed by atoms with Crippen LogP contribution >= 0.6 is 15.9 Å². The Hall–Kier alpha value is -2.84. The van der Waals surface area contributed by atoms with E-state index in [1.54, 1.807) is 48.5 Å². The van der Waals surface area contributed by atoms with Crippen molar-refractivity contribution in [1.29, 1.82) is 0 Å². The van der Waals surface area contributed by atoms with Crippen molar-refractivity contribution in [3.63, 3.8) is 0 Å². The van der Waals surface area contributed by atoms with E-state index in [0.717, 1.165) is 15.4 Å². The number of benzene rings is 3. The predicted molar refractivity (Wildman–Crippen MR) is 130 cm³/mol. The molecule has 1 amide bonds. The summed E-state index contributed by atoms with van der Waals surface area (Å²) in [5.41, 5.74) is 2.48. The van der Waals surface area contributed by atoms with Crippen molar-refractivity contribution in [3.05, 3.63) is 88.4 Å². The van der Waals surface area contributed by atoms with Crippen LogP contribution in [0.25, 0.3) is 0 Å². The molecule has 0 spiro atoms. The summed E-state index contributed by atoms with van der Waals surface area (Å²) in [6.45, 7) is 4.05. The van der Waals surface area contributed by atoms with Crippen LogP contribution in [0.1, 0.15) is 11.1 Å². The quantitative estimate of drug-likeness (QED) is 0.426. The van der Waals surface area contributed by atoms with Crippen molar-refractivity contribution in [2.45, 2.75) is 18.7 Å². The third-order valence-electron chi connectivity index (χ3n) is 4.71. The van der Waals surface area contributed by atoms with Crippen LogP contribution in [0.5, 0.6) is 5.75 Å². The molecule has 0 atom stereocenters. The summed E-state index contributed by atoms with van der Waals surface area (Å²) in [7, 11) is -3.94. The summed E-state index contributed by atoms with van der Waals surface area (Å²) in [6.07, 6.45) is 0. The molecule has 1 N–H and O–H groups in total. The summed E-state index contributed by atoms with van der Waals surface area (Å²) >= 11 is 3.37. The van der Waals surface area contributed by atoms with Crippen LogP contribution in [0.2, 0.25) is 0 Å². The zero-order chi connectivity index (χ0) is 23.1. The average molecular weight is 517 g/mol. The number of hydrogen-bond donors (Lipinski definition) is 1. The van der Waals surface area contributed by atoms with Gasteiger partial charge in [-0.1, -0.05) is 57.4 Å². The van der Waals surface area contributed by atoms with Gasteiger partial charge in [0.05, 0.1) is 17.1 Å². The van der Waals surface area contributed by atoms with Crippen LogP contribution in [-0.2, 0) is 14.8 Å². The van der Waals surface area contributed by atoms with Gasteiger partial charge in [0.15, 0.2) is 0 Å². The van der Waals surface area contributed by atoms with E-state index in [1.807, 2.05) is 38.1 Å². The van der Waals surface area contributed by atoms with Gasteiger partial charge >= 0.3 is 0 Å². The molecule has 0 aliphatic heterocycles. The lowest BCUT2D eigenvalue weighted by molar-refractivity contribution is -0.119. The molecule has 0 saturated carbocycles. The second kappa shape index (κ2) is 10.7. The molecule has 0 aliphatic carbocycles. The lowest BCUT2D eigenvalue weighted by Crippen LogP contribution is -2.41. The summed E-state index contributed by atoms with van der Waals surface area (Å²) in [5, 5.41) is 2.73. The Morgan fingerprint density at radius 1 is 0.969 bits per heavy atom. The number of rotatable bonds is 9. The molecular formula is C24H25BrN2O4S. The highest BCUT2D eigenvalue weighted by molar-refractivity contribution is 9.10. The van der Waals surface area contributed by atoms with Crippen molar-refractivity contribution in [2.75, 3.05) is 24.0 Å². The van der Waals surface area contributed by atoms with Crippen molar-refractivity contribution >= 4 is 37.5 Å². The molecule has 0 bridgehead atoms. The van der Waals surface area contributed by atoms with E-state index in [4.69, 9.17) is 4.74 Å². The molecular weight excluding hydrogens is 492 g/mol. The van der Waals surface area contributed by atoms with Gasteiger partial charge in [0.25, 0.3) is 10.0 Å². The molecule has 8 heteroatoms. The number of amides is 1. The first kappa shape index (κ1) is 23.8. The van der Waals surface area contributed by atoms with Gasteiger partial charge in [-0.3, -0.25) is 9.10 Å². The summed E-state index contributed by atoms with van der Waals surface area (Å²) in [4.78, 5) is 12.7. The highest BCUT2D eigenvalue weighted by Crippen LogP contribution is 2.26. The summed E-state index contributed by atoms with van der Waals surface area (Å²) in [5.74, 6) is 0.288. The second-order valence-corrected chi connectivity index (χ2v) is 10.1. The number of anilines is 1. The minimum absolute atomic E-state index is 0.124. The average Bonchev–Trinajstić information content (AvgIpc) is 2.76. The smallest absolute Gasteiger partial charge is 0.264 e. The molecule has 0 heterocycles. The maximum absolute atomic E-state index is 13.3. The Bertz CT molecular complexity index is 1160. The van der Waals surface area contributed by atoms with Gasteiger partial charge in [0.1, 0.15) is 18.9 Å². The molecule has 0 unspecified atom stereocenters. The zero-order valence-corrected chi connectivity index (χ0v) is 20.3. The summed E-state index contributed by atoms with van der Waals surface area (Å²) in [6, 6.07) is 21.0. The minimum atomic E-state index is -3.94. The van der Waals surface area contributed by atoms with Gasteiger partial charge in [-0.25, -0.2) is 8.42 Å². The van der Waals surface area contributed by atoms with Crippen LogP contribution in [0, 0.1) is 13.8 Å². The van der Waals surface area contributed by atoms with E-state index in [0.29, 0.717) is 15.9 Å². The van der Waals surface area contributed by atoms with Crippen LogP contribution in [0.3, 0.4) is 0 Å². The van der Waals surface area contributed by atoms with E-state index >= 15 is 0 Å². The fourth-order valence-electron chi connectivity index (χ4n) is 2.96. The lowest BCUT2D eigenvalue weighted by atomic mass is 10.2. The highest BCUT2D eigenvalue weighted by atomic mass is 79.9.